The summed E-state index contributed by atoms with van der Waals surface area (Å²) >= 11 is 0. The molecule has 0 unspecified atom stereocenters. The SMILES string of the molecule is O=C(/C=C/C=C/c1ccncc1)c1ccc(C(=O)Nc2ccccc2F)cc1. The van der Waals surface area contributed by atoms with Crippen LogP contribution in [0.4, 0.5) is 10.1 Å². The number of ketones is 1. The molecule has 1 aromatic heterocycles. The zero-order chi connectivity index (χ0) is 19.8. The summed E-state index contributed by atoms with van der Waals surface area (Å²) in [6.07, 6.45) is 10.1. The van der Waals surface area contributed by atoms with Crippen molar-refractivity contribution in [1.82, 2.24) is 4.98 Å². The lowest BCUT2D eigenvalue weighted by Crippen LogP contribution is -2.13. The Kier molecular flexibility index (Phi) is 6.21. The Bertz CT molecular complexity index is 1030. The number of amides is 1. The third kappa shape index (κ3) is 5.08. The van der Waals surface area contributed by atoms with Crippen LogP contribution in [0.2, 0.25) is 0 Å². The van der Waals surface area contributed by atoms with Crippen molar-refractivity contribution < 1.29 is 14.0 Å². The van der Waals surface area contributed by atoms with Crippen molar-refractivity contribution in [2.24, 2.45) is 0 Å². The van der Waals surface area contributed by atoms with Gasteiger partial charge in [-0.3, -0.25) is 14.6 Å². The first-order valence-electron chi connectivity index (χ1n) is 8.58. The van der Waals surface area contributed by atoms with Crippen molar-refractivity contribution in [3.05, 3.63) is 114 Å². The molecule has 0 spiro atoms. The van der Waals surface area contributed by atoms with Gasteiger partial charge in [0, 0.05) is 23.5 Å². The molecule has 0 aliphatic rings. The van der Waals surface area contributed by atoms with Gasteiger partial charge in [-0.15, -0.1) is 0 Å². The standard InChI is InChI=1S/C23H17FN2O2/c24-20-6-2-3-7-21(20)26-23(28)19-11-9-18(10-12-19)22(27)8-4-1-5-17-13-15-25-16-14-17/h1-16H,(H,26,28)/b5-1+,8-4+. The molecule has 3 aromatic rings. The van der Waals surface area contributed by atoms with Crippen molar-refractivity contribution in [2.75, 3.05) is 5.32 Å². The molecule has 1 amide bonds. The van der Waals surface area contributed by atoms with Crippen LogP contribution in [0.25, 0.3) is 6.08 Å². The molecule has 0 fully saturated rings. The van der Waals surface area contributed by atoms with Gasteiger partial charge in [0.2, 0.25) is 0 Å². The highest BCUT2D eigenvalue weighted by molar-refractivity contribution is 6.07. The average Bonchev–Trinajstić information content (AvgIpc) is 2.73. The van der Waals surface area contributed by atoms with Crippen LogP contribution in [0.3, 0.4) is 0 Å². The van der Waals surface area contributed by atoms with Gasteiger partial charge in [-0.1, -0.05) is 42.5 Å². The number of carbonyl (C=O) groups is 2. The van der Waals surface area contributed by atoms with Crippen molar-refractivity contribution in [2.45, 2.75) is 0 Å². The van der Waals surface area contributed by atoms with Gasteiger partial charge in [-0.2, -0.15) is 0 Å². The summed E-state index contributed by atoms with van der Waals surface area (Å²) in [7, 11) is 0. The molecular formula is C23H17FN2O2. The van der Waals surface area contributed by atoms with Gasteiger partial charge in [-0.05, 0) is 48.0 Å². The molecule has 0 aliphatic carbocycles. The van der Waals surface area contributed by atoms with E-state index in [9.17, 15) is 14.0 Å². The Hall–Kier alpha value is -3.86. The Balaban J connectivity index is 1.61. The van der Waals surface area contributed by atoms with E-state index in [0.717, 1.165) is 5.56 Å². The largest absolute Gasteiger partial charge is 0.319 e. The molecule has 0 saturated heterocycles. The lowest BCUT2D eigenvalue weighted by Gasteiger charge is -2.06. The molecule has 1 N–H and O–H groups in total. The fraction of sp³-hybridized carbons (Fsp3) is 0. The maximum Gasteiger partial charge on any atom is 0.255 e. The van der Waals surface area contributed by atoms with Gasteiger partial charge >= 0.3 is 0 Å². The van der Waals surface area contributed by atoms with Gasteiger partial charge in [0.25, 0.3) is 5.91 Å². The lowest BCUT2D eigenvalue weighted by molar-refractivity contribution is 0.102. The zero-order valence-electron chi connectivity index (χ0n) is 14.9. The molecule has 3 rings (SSSR count). The van der Waals surface area contributed by atoms with Crippen LogP contribution >= 0.6 is 0 Å². The second-order valence-electron chi connectivity index (χ2n) is 5.87. The van der Waals surface area contributed by atoms with Crippen LogP contribution < -0.4 is 5.32 Å². The second kappa shape index (κ2) is 9.19. The topological polar surface area (TPSA) is 59.1 Å². The Morgan fingerprint density at radius 1 is 0.857 bits per heavy atom. The van der Waals surface area contributed by atoms with Crippen LogP contribution in [-0.2, 0) is 0 Å². The predicted octanol–water partition coefficient (Wildman–Crippen LogP) is 4.93. The number of anilines is 1. The minimum Gasteiger partial charge on any atom is -0.319 e. The molecule has 0 atom stereocenters. The van der Waals surface area contributed by atoms with Crippen LogP contribution in [0.1, 0.15) is 26.3 Å². The Morgan fingerprint density at radius 3 is 2.25 bits per heavy atom. The van der Waals surface area contributed by atoms with Gasteiger partial charge in [0.05, 0.1) is 5.69 Å². The summed E-state index contributed by atoms with van der Waals surface area (Å²) in [4.78, 5) is 28.3. The van der Waals surface area contributed by atoms with E-state index in [1.54, 1.807) is 48.8 Å². The minimum atomic E-state index is -0.507. The van der Waals surface area contributed by atoms with E-state index in [1.165, 1.54) is 30.3 Å². The molecule has 0 aliphatic heterocycles. The van der Waals surface area contributed by atoms with Crippen LogP contribution in [0.15, 0.2) is 91.3 Å². The van der Waals surface area contributed by atoms with Gasteiger partial charge in [-0.25, -0.2) is 4.39 Å². The number of hydrogen-bond donors (Lipinski definition) is 1. The number of nitrogens with zero attached hydrogens (tertiary/aromatic N) is 1. The van der Waals surface area contributed by atoms with Crippen LogP contribution in [0, 0.1) is 5.82 Å². The van der Waals surface area contributed by atoms with E-state index < -0.39 is 11.7 Å². The zero-order valence-corrected chi connectivity index (χ0v) is 14.9. The molecule has 0 saturated carbocycles. The second-order valence-corrected chi connectivity index (χ2v) is 5.87. The molecule has 4 nitrogen and oxygen atoms in total. The summed E-state index contributed by atoms with van der Waals surface area (Å²) in [6.45, 7) is 0. The highest BCUT2D eigenvalue weighted by atomic mass is 19.1. The van der Waals surface area contributed by atoms with E-state index >= 15 is 0 Å². The Morgan fingerprint density at radius 2 is 1.54 bits per heavy atom. The molecule has 2 aromatic carbocycles. The molecule has 28 heavy (non-hydrogen) atoms. The van der Waals surface area contributed by atoms with Gasteiger partial charge in [0.1, 0.15) is 5.82 Å². The van der Waals surface area contributed by atoms with Crippen molar-refractivity contribution in [1.29, 1.82) is 0 Å². The molecular weight excluding hydrogens is 355 g/mol. The fourth-order valence-electron chi connectivity index (χ4n) is 2.42. The maximum atomic E-state index is 13.6. The monoisotopic (exact) mass is 372 g/mol. The van der Waals surface area contributed by atoms with E-state index in [2.05, 4.69) is 10.3 Å². The van der Waals surface area contributed by atoms with E-state index in [4.69, 9.17) is 0 Å². The first-order chi connectivity index (χ1) is 13.6. The average molecular weight is 372 g/mol. The normalized spacial score (nSPS) is 11.0. The fourth-order valence-corrected chi connectivity index (χ4v) is 2.42. The van der Waals surface area contributed by atoms with Gasteiger partial charge < -0.3 is 5.32 Å². The number of carbonyl (C=O) groups excluding carboxylic acids is 2. The van der Waals surface area contributed by atoms with Crippen molar-refractivity contribution in [3.8, 4) is 0 Å². The summed E-state index contributed by atoms with van der Waals surface area (Å²) in [5, 5.41) is 2.51. The summed E-state index contributed by atoms with van der Waals surface area (Å²) < 4.78 is 13.6. The number of halogens is 1. The number of aromatic nitrogens is 1. The van der Waals surface area contributed by atoms with E-state index in [1.807, 2.05) is 18.2 Å². The smallest absolute Gasteiger partial charge is 0.255 e. The number of nitrogens with one attached hydrogen (secondary N) is 1. The third-order valence-corrected chi connectivity index (χ3v) is 3.91. The molecule has 5 heteroatoms. The van der Waals surface area contributed by atoms with Crippen LogP contribution in [0.5, 0.6) is 0 Å². The minimum absolute atomic E-state index is 0.108. The molecule has 0 bridgehead atoms. The number of para-hydroxylation sites is 1. The summed E-state index contributed by atoms with van der Waals surface area (Å²) in [5.41, 5.74) is 1.88. The van der Waals surface area contributed by atoms with Gasteiger partial charge in [0.15, 0.2) is 5.78 Å². The molecule has 1 heterocycles. The molecule has 0 radical (unpaired) electrons. The number of benzene rings is 2. The number of allylic oxidation sites excluding steroid dienone is 3. The predicted molar refractivity (Wildman–Crippen MR) is 108 cm³/mol. The highest BCUT2D eigenvalue weighted by Gasteiger charge is 2.09. The first-order valence-corrected chi connectivity index (χ1v) is 8.58. The third-order valence-electron chi connectivity index (χ3n) is 3.91. The van der Waals surface area contributed by atoms with Crippen molar-refractivity contribution >= 4 is 23.5 Å². The first kappa shape index (κ1) is 18.9. The Labute approximate surface area is 162 Å². The van der Waals surface area contributed by atoms with E-state index in [-0.39, 0.29) is 11.5 Å². The van der Waals surface area contributed by atoms with Crippen LogP contribution in [-0.4, -0.2) is 16.7 Å². The highest BCUT2D eigenvalue weighted by Crippen LogP contribution is 2.14. The number of rotatable bonds is 6. The number of hydrogen-bond acceptors (Lipinski definition) is 3. The molecule has 138 valence electrons. The van der Waals surface area contributed by atoms with E-state index in [0.29, 0.717) is 11.1 Å². The number of pyridine rings is 1. The summed E-state index contributed by atoms with van der Waals surface area (Å²) in [6, 6.07) is 15.8. The maximum absolute atomic E-state index is 13.6. The summed E-state index contributed by atoms with van der Waals surface area (Å²) in [5.74, 6) is -1.13. The lowest BCUT2D eigenvalue weighted by atomic mass is 10.1. The quantitative estimate of drug-likeness (QED) is 0.379. The van der Waals surface area contributed by atoms with Crippen molar-refractivity contribution in [3.63, 3.8) is 0 Å².